The van der Waals surface area contributed by atoms with E-state index in [1.807, 2.05) is 0 Å². The van der Waals surface area contributed by atoms with Crippen LogP contribution in [0.4, 0.5) is 0 Å². The molecule has 0 bridgehead atoms. The minimum Gasteiger partial charge on any atom is -0.475 e. The summed E-state index contributed by atoms with van der Waals surface area (Å²) in [5.74, 6) is -0.538. The summed E-state index contributed by atoms with van der Waals surface area (Å²) in [7, 11) is 0. The summed E-state index contributed by atoms with van der Waals surface area (Å²) in [5, 5.41) is 12.0. The van der Waals surface area contributed by atoms with E-state index in [2.05, 4.69) is 12.1 Å². The molecule has 2 N–H and O–H groups in total. The standard InChI is InChI=1S/C14H24N2O4/c1-2-3-4-5-6-7-8-9-10-19-13-11-12(20-16-13)14(17)15-18/h11,18H,2-10H2,1H3,(H,15,17). The number of nitrogens with one attached hydrogen (secondary N) is 1. The molecule has 1 aromatic heterocycles. The molecule has 0 saturated carbocycles. The highest BCUT2D eigenvalue weighted by Gasteiger charge is 2.12. The number of unbranched alkanes of at least 4 members (excludes halogenated alkanes) is 7. The maximum absolute atomic E-state index is 11.0. The van der Waals surface area contributed by atoms with Gasteiger partial charge in [-0.05, 0) is 11.6 Å². The Balaban J connectivity index is 2.01. The van der Waals surface area contributed by atoms with Gasteiger partial charge in [-0.3, -0.25) is 10.0 Å². The second-order valence-corrected chi connectivity index (χ2v) is 4.79. The largest absolute Gasteiger partial charge is 0.475 e. The van der Waals surface area contributed by atoms with E-state index >= 15 is 0 Å². The zero-order valence-corrected chi connectivity index (χ0v) is 12.1. The Morgan fingerprint density at radius 2 is 1.90 bits per heavy atom. The molecular formula is C14H24N2O4. The van der Waals surface area contributed by atoms with E-state index in [1.54, 1.807) is 0 Å². The molecule has 0 saturated heterocycles. The predicted octanol–water partition coefficient (Wildman–Crippen LogP) is 3.31. The lowest BCUT2D eigenvalue weighted by molar-refractivity contribution is 0.0666. The van der Waals surface area contributed by atoms with E-state index in [4.69, 9.17) is 14.5 Å². The molecular weight excluding hydrogens is 260 g/mol. The number of hydrogen-bond acceptors (Lipinski definition) is 5. The van der Waals surface area contributed by atoms with Crippen molar-refractivity contribution in [3.05, 3.63) is 11.8 Å². The summed E-state index contributed by atoms with van der Waals surface area (Å²) >= 11 is 0. The molecule has 1 amide bonds. The third kappa shape index (κ3) is 6.56. The van der Waals surface area contributed by atoms with Crippen molar-refractivity contribution in [2.45, 2.75) is 58.3 Å². The summed E-state index contributed by atoms with van der Waals surface area (Å²) in [6.07, 6.45) is 9.87. The normalized spacial score (nSPS) is 10.5. The van der Waals surface area contributed by atoms with Gasteiger partial charge in [-0.25, -0.2) is 5.48 Å². The highest BCUT2D eigenvalue weighted by atomic mass is 16.5. The van der Waals surface area contributed by atoms with Crippen LogP contribution in [-0.2, 0) is 0 Å². The molecule has 0 spiro atoms. The number of carbonyl (C=O) groups excluding carboxylic acids is 1. The van der Waals surface area contributed by atoms with Crippen molar-refractivity contribution < 1.29 is 19.3 Å². The van der Waals surface area contributed by atoms with Crippen LogP contribution in [0.15, 0.2) is 10.6 Å². The zero-order valence-electron chi connectivity index (χ0n) is 12.1. The lowest BCUT2D eigenvalue weighted by atomic mass is 10.1. The molecule has 6 nitrogen and oxygen atoms in total. The molecule has 0 radical (unpaired) electrons. The van der Waals surface area contributed by atoms with Crippen molar-refractivity contribution in [3.63, 3.8) is 0 Å². The van der Waals surface area contributed by atoms with Crippen molar-refractivity contribution in [3.8, 4) is 5.88 Å². The molecule has 0 aliphatic carbocycles. The number of aromatic nitrogens is 1. The summed E-state index contributed by atoms with van der Waals surface area (Å²) in [6, 6.07) is 1.36. The predicted molar refractivity (Wildman–Crippen MR) is 73.9 cm³/mol. The number of hydrogen-bond donors (Lipinski definition) is 2. The topological polar surface area (TPSA) is 84.6 Å². The van der Waals surface area contributed by atoms with E-state index in [9.17, 15) is 4.79 Å². The highest BCUT2D eigenvalue weighted by molar-refractivity contribution is 5.90. The van der Waals surface area contributed by atoms with Gasteiger partial charge >= 0.3 is 5.91 Å². The summed E-state index contributed by atoms with van der Waals surface area (Å²) in [4.78, 5) is 11.0. The minimum absolute atomic E-state index is 0.0709. The fourth-order valence-corrected chi connectivity index (χ4v) is 1.90. The fourth-order valence-electron chi connectivity index (χ4n) is 1.90. The van der Waals surface area contributed by atoms with E-state index < -0.39 is 5.91 Å². The van der Waals surface area contributed by atoms with E-state index in [0.29, 0.717) is 6.61 Å². The molecule has 20 heavy (non-hydrogen) atoms. The first-order valence-corrected chi connectivity index (χ1v) is 7.32. The average molecular weight is 284 g/mol. The second kappa shape index (κ2) is 10.3. The Labute approximate surface area is 119 Å². The van der Waals surface area contributed by atoms with Crippen LogP contribution >= 0.6 is 0 Å². The Morgan fingerprint density at radius 3 is 2.55 bits per heavy atom. The Bertz CT molecular complexity index is 379. The molecule has 0 aliphatic rings. The molecule has 1 rings (SSSR count). The lowest BCUT2D eigenvalue weighted by Gasteiger charge is -2.02. The van der Waals surface area contributed by atoms with E-state index in [-0.39, 0.29) is 11.6 Å². The fraction of sp³-hybridized carbons (Fsp3) is 0.714. The molecule has 0 fully saturated rings. The maximum Gasteiger partial charge on any atom is 0.313 e. The first-order chi connectivity index (χ1) is 9.77. The summed E-state index contributed by atoms with van der Waals surface area (Å²) in [6.45, 7) is 2.78. The van der Waals surface area contributed by atoms with Crippen LogP contribution < -0.4 is 10.2 Å². The Morgan fingerprint density at radius 1 is 1.25 bits per heavy atom. The number of amides is 1. The smallest absolute Gasteiger partial charge is 0.313 e. The number of nitrogens with zero attached hydrogens (tertiary/aromatic N) is 1. The summed E-state index contributed by atoms with van der Waals surface area (Å²) < 4.78 is 10.1. The van der Waals surface area contributed by atoms with Crippen LogP contribution in [0.2, 0.25) is 0 Å². The van der Waals surface area contributed by atoms with Crippen molar-refractivity contribution in [2.75, 3.05) is 6.61 Å². The maximum atomic E-state index is 11.0. The minimum atomic E-state index is -0.737. The van der Waals surface area contributed by atoms with Crippen LogP contribution in [0, 0.1) is 0 Å². The lowest BCUT2D eigenvalue weighted by Crippen LogP contribution is -2.17. The number of carbonyl (C=O) groups is 1. The second-order valence-electron chi connectivity index (χ2n) is 4.79. The van der Waals surface area contributed by atoms with Gasteiger partial charge in [0.15, 0.2) is 0 Å². The molecule has 0 unspecified atom stereocenters. The average Bonchev–Trinajstić information content (AvgIpc) is 2.93. The number of rotatable bonds is 11. The van der Waals surface area contributed by atoms with Gasteiger partial charge in [0.05, 0.1) is 12.7 Å². The highest BCUT2D eigenvalue weighted by Crippen LogP contribution is 2.12. The third-order valence-corrected chi connectivity index (χ3v) is 3.06. The van der Waals surface area contributed by atoms with Crippen LogP contribution in [0.25, 0.3) is 0 Å². The van der Waals surface area contributed by atoms with Crippen molar-refractivity contribution in [1.82, 2.24) is 10.6 Å². The zero-order chi connectivity index (χ0) is 14.6. The van der Waals surface area contributed by atoms with Gasteiger partial charge in [0.1, 0.15) is 0 Å². The monoisotopic (exact) mass is 284 g/mol. The Hall–Kier alpha value is -1.56. The van der Waals surface area contributed by atoms with Crippen LogP contribution in [0.5, 0.6) is 5.88 Å². The quantitative estimate of drug-likeness (QED) is 0.370. The van der Waals surface area contributed by atoms with Crippen molar-refractivity contribution >= 4 is 5.91 Å². The number of hydroxylamine groups is 1. The van der Waals surface area contributed by atoms with Crippen LogP contribution in [0.1, 0.15) is 68.8 Å². The molecule has 6 heteroatoms. The van der Waals surface area contributed by atoms with Gasteiger partial charge < -0.3 is 9.26 Å². The van der Waals surface area contributed by atoms with E-state index in [0.717, 1.165) is 12.8 Å². The van der Waals surface area contributed by atoms with Gasteiger partial charge in [-0.1, -0.05) is 51.9 Å². The van der Waals surface area contributed by atoms with Gasteiger partial charge in [0, 0.05) is 0 Å². The van der Waals surface area contributed by atoms with Crippen molar-refractivity contribution in [1.29, 1.82) is 0 Å². The van der Waals surface area contributed by atoms with Crippen LogP contribution in [-0.4, -0.2) is 22.9 Å². The van der Waals surface area contributed by atoms with Gasteiger partial charge in [0.2, 0.25) is 5.76 Å². The SMILES string of the molecule is CCCCCCCCCCOc1cc(C(=O)NO)on1. The third-order valence-electron chi connectivity index (χ3n) is 3.06. The Kier molecular flexibility index (Phi) is 8.46. The van der Waals surface area contributed by atoms with Gasteiger partial charge in [-0.2, -0.15) is 0 Å². The molecule has 0 aromatic carbocycles. The molecule has 1 aromatic rings. The van der Waals surface area contributed by atoms with Gasteiger partial charge in [-0.15, -0.1) is 0 Å². The molecule has 0 aliphatic heterocycles. The van der Waals surface area contributed by atoms with Gasteiger partial charge in [0.25, 0.3) is 5.88 Å². The molecule has 0 atom stereocenters. The van der Waals surface area contributed by atoms with Crippen molar-refractivity contribution in [2.24, 2.45) is 0 Å². The van der Waals surface area contributed by atoms with E-state index in [1.165, 1.54) is 50.1 Å². The molecule has 1 heterocycles. The first kappa shape index (κ1) is 16.5. The molecule has 114 valence electrons. The summed E-state index contributed by atoms with van der Waals surface area (Å²) in [5.41, 5.74) is 1.47. The first-order valence-electron chi connectivity index (χ1n) is 7.32. The number of ether oxygens (including phenoxy) is 1. The van der Waals surface area contributed by atoms with Crippen LogP contribution in [0.3, 0.4) is 0 Å².